The van der Waals surface area contributed by atoms with E-state index in [1.165, 1.54) is 0 Å². The Morgan fingerprint density at radius 3 is 2.55 bits per heavy atom. The Balaban J connectivity index is 1.42. The second kappa shape index (κ2) is 7.30. The molecule has 4 heterocycles. The predicted octanol–water partition coefficient (Wildman–Crippen LogP) is 3.73. The standard InChI is InChI=1S/C22H32N4O3/c1-5-6-12-22(23-24-22)13-11-18(27)25-14-7-8-15-16-9-10-17(19(15)25)26(16)20(28)29-21(2,3)4/h1,15-17,19H,6-14H2,2-4H3. The minimum Gasteiger partial charge on any atom is -0.444 e. The summed E-state index contributed by atoms with van der Waals surface area (Å²) >= 11 is 0. The number of rotatable bonds is 5. The van der Waals surface area contributed by atoms with E-state index in [1.54, 1.807) is 0 Å². The van der Waals surface area contributed by atoms with Crippen LogP contribution >= 0.6 is 0 Å². The van der Waals surface area contributed by atoms with Crippen LogP contribution in [0.4, 0.5) is 4.79 Å². The molecule has 0 spiro atoms. The Kier molecular flexibility index (Phi) is 5.08. The number of carbonyl (C=O) groups is 2. The van der Waals surface area contributed by atoms with Crippen molar-refractivity contribution in [3.05, 3.63) is 0 Å². The van der Waals surface area contributed by atoms with E-state index in [2.05, 4.69) is 16.1 Å². The summed E-state index contributed by atoms with van der Waals surface area (Å²) in [5.41, 5.74) is -0.932. The van der Waals surface area contributed by atoms with Crippen molar-refractivity contribution in [1.82, 2.24) is 9.80 Å². The van der Waals surface area contributed by atoms with Gasteiger partial charge in [-0.05, 0) is 46.5 Å². The van der Waals surface area contributed by atoms with E-state index in [0.29, 0.717) is 25.2 Å². The largest absolute Gasteiger partial charge is 0.444 e. The number of hydrogen-bond donors (Lipinski definition) is 0. The first kappa shape index (κ1) is 20.2. The summed E-state index contributed by atoms with van der Waals surface area (Å²) in [7, 11) is 0. The zero-order chi connectivity index (χ0) is 20.8. The van der Waals surface area contributed by atoms with Crippen LogP contribution in [0.25, 0.3) is 0 Å². The third-order valence-electron chi connectivity index (χ3n) is 6.81. The van der Waals surface area contributed by atoms with Gasteiger partial charge in [0.05, 0.1) is 12.1 Å². The molecule has 4 rings (SSSR count). The lowest BCUT2D eigenvalue weighted by Crippen LogP contribution is -2.54. The molecule has 7 nitrogen and oxygen atoms in total. The number of likely N-dealkylation sites (tertiary alicyclic amines) is 1. The third-order valence-corrected chi connectivity index (χ3v) is 6.81. The van der Waals surface area contributed by atoms with E-state index in [1.807, 2.05) is 30.6 Å². The van der Waals surface area contributed by atoms with Crippen LogP contribution in [0.5, 0.6) is 0 Å². The Labute approximate surface area is 173 Å². The third kappa shape index (κ3) is 3.86. The van der Waals surface area contributed by atoms with Gasteiger partial charge in [0.15, 0.2) is 5.66 Å². The van der Waals surface area contributed by atoms with Crippen molar-refractivity contribution in [3.63, 3.8) is 0 Å². The van der Waals surface area contributed by atoms with Crippen LogP contribution in [0, 0.1) is 18.3 Å². The first-order chi connectivity index (χ1) is 13.7. The van der Waals surface area contributed by atoms with Crippen LogP contribution in [0.15, 0.2) is 10.2 Å². The monoisotopic (exact) mass is 400 g/mol. The van der Waals surface area contributed by atoms with E-state index in [4.69, 9.17) is 11.2 Å². The zero-order valence-electron chi connectivity index (χ0n) is 17.8. The molecule has 0 radical (unpaired) electrons. The molecule has 3 saturated heterocycles. The maximum atomic E-state index is 13.1. The Bertz CT molecular complexity index is 744. The number of ether oxygens (including phenoxy) is 1. The molecule has 4 aliphatic rings. The second-order valence-electron chi connectivity index (χ2n) is 9.87. The highest BCUT2D eigenvalue weighted by Crippen LogP contribution is 2.49. The molecule has 29 heavy (non-hydrogen) atoms. The van der Waals surface area contributed by atoms with Gasteiger partial charge in [-0.3, -0.25) is 9.69 Å². The van der Waals surface area contributed by atoms with Crippen molar-refractivity contribution in [2.24, 2.45) is 16.1 Å². The molecule has 4 unspecified atom stereocenters. The minimum absolute atomic E-state index is 0.0785. The molecule has 0 aromatic heterocycles. The van der Waals surface area contributed by atoms with Crippen molar-refractivity contribution in [2.45, 2.75) is 102 Å². The fourth-order valence-corrected chi connectivity index (χ4v) is 5.58. The molecule has 0 N–H and O–H groups in total. The Morgan fingerprint density at radius 1 is 1.17 bits per heavy atom. The molecular weight excluding hydrogens is 368 g/mol. The first-order valence-corrected chi connectivity index (χ1v) is 10.9. The molecule has 2 bridgehead atoms. The normalized spacial score (nSPS) is 31.4. The summed E-state index contributed by atoms with van der Waals surface area (Å²) in [5, 5.41) is 8.30. The van der Waals surface area contributed by atoms with Gasteiger partial charge >= 0.3 is 6.09 Å². The van der Waals surface area contributed by atoms with Gasteiger partial charge in [0, 0.05) is 44.2 Å². The summed E-state index contributed by atoms with van der Waals surface area (Å²) in [6.45, 7) is 6.47. The lowest BCUT2D eigenvalue weighted by molar-refractivity contribution is -0.137. The summed E-state index contributed by atoms with van der Waals surface area (Å²) < 4.78 is 5.68. The van der Waals surface area contributed by atoms with Crippen molar-refractivity contribution in [1.29, 1.82) is 0 Å². The van der Waals surface area contributed by atoms with Crippen LogP contribution in [-0.2, 0) is 9.53 Å². The lowest BCUT2D eigenvalue weighted by Gasteiger charge is -2.42. The smallest absolute Gasteiger partial charge is 0.410 e. The van der Waals surface area contributed by atoms with E-state index in [0.717, 1.165) is 38.6 Å². The first-order valence-electron chi connectivity index (χ1n) is 10.9. The molecule has 4 atom stereocenters. The molecule has 0 aromatic carbocycles. The van der Waals surface area contributed by atoms with Gasteiger partial charge < -0.3 is 9.64 Å². The minimum atomic E-state index is -0.510. The Hall–Kier alpha value is -2.10. The molecule has 7 heteroatoms. The van der Waals surface area contributed by atoms with E-state index in [-0.39, 0.29) is 30.1 Å². The molecule has 0 aromatic rings. The number of piperidine rings is 1. The molecule has 0 saturated carbocycles. The van der Waals surface area contributed by atoms with E-state index < -0.39 is 11.3 Å². The number of amides is 2. The zero-order valence-corrected chi connectivity index (χ0v) is 17.8. The maximum Gasteiger partial charge on any atom is 0.410 e. The SMILES string of the molecule is C#CCCC1(CCC(=O)N2CCCC3C2C2CCC3N2C(=O)OC(C)(C)C)N=N1. The lowest BCUT2D eigenvalue weighted by atomic mass is 9.78. The van der Waals surface area contributed by atoms with Gasteiger partial charge in [-0.25, -0.2) is 4.79 Å². The van der Waals surface area contributed by atoms with Crippen LogP contribution in [-0.4, -0.2) is 57.7 Å². The van der Waals surface area contributed by atoms with Gasteiger partial charge in [0.25, 0.3) is 0 Å². The molecule has 0 aliphatic carbocycles. The van der Waals surface area contributed by atoms with Gasteiger partial charge in [0.2, 0.25) is 5.91 Å². The highest BCUT2D eigenvalue weighted by Gasteiger charge is 2.59. The van der Waals surface area contributed by atoms with Crippen LogP contribution in [0.3, 0.4) is 0 Å². The van der Waals surface area contributed by atoms with Gasteiger partial charge in [-0.2, -0.15) is 10.2 Å². The van der Waals surface area contributed by atoms with Crippen LogP contribution in [0.2, 0.25) is 0 Å². The van der Waals surface area contributed by atoms with E-state index >= 15 is 0 Å². The van der Waals surface area contributed by atoms with Crippen molar-refractivity contribution < 1.29 is 14.3 Å². The highest BCUT2D eigenvalue weighted by atomic mass is 16.6. The summed E-state index contributed by atoms with van der Waals surface area (Å²) in [4.78, 5) is 30.0. The molecule has 2 amide bonds. The molecule has 3 fully saturated rings. The predicted molar refractivity (Wildman–Crippen MR) is 108 cm³/mol. The van der Waals surface area contributed by atoms with E-state index in [9.17, 15) is 9.59 Å². The number of nitrogens with zero attached hydrogens (tertiary/aromatic N) is 4. The fourth-order valence-electron chi connectivity index (χ4n) is 5.58. The van der Waals surface area contributed by atoms with Crippen molar-refractivity contribution in [2.75, 3.05) is 6.54 Å². The average Bonchev–Trinajstić information content (AvgIpc) is 3.19. The number of fused-ring (bicyclic) bond motifs is 5. The fraction of sp³-hybridized carbons (Fsp3) is 0.818. The van der Waals surface area contributed by atoms with Crippen molar-refractivity contribution >= 4 is 12.0 Å². The highest BCUT2D eigenvalue weighted by molar-refractivity contribution is 5.78. The molecule has 4 aliphatic heterocycles. The van der Waals surface area contributed by atoms with Crippen LogP contribution in [0.1, 0.15) is 72.1 Å². The van der Waals surface area contributed by atoms with Gasteiger partial charge in [0.1, 0.15) is 5.60 Å². The summed E-state index contributed by atoms with van der Waals surface area (Å²) in [6.07, 6.45) is 11.6. The summed E-state index contributed by atoms with van der Waals surface area (Å²) in [6, 6.07) is 0.401. The van der Waals surface area contributed by atoms with Gasteiger partial charge in [-0.15, -0.1) is 12.3 Å². The van der Waals surface area contributed by atoms with Gasteiger partial charge in [-0.1, -0.05) is 0 Å². The maximum absolute atomic E-state index is 13.1. The number of carbonyl (C=O) groups excluding carboxylic acids is 2. The summed E-state index contributed by atoms with van der Waals surface area (Å²) in [5.74, 6) is 3.16. The molecule has 158 valence electrons. The average molecular weight is 401 g/mol. The number of hydrogen-bond acceptors (Lipinski definition) is 5. The molecular formula is C22H32N4O3. The Morgan fingerprint density at radius 2 is 1.90 bits per heavy atom. The number of terminal acetylenes is 1. The topological polar surface area (TPSA) is 74.6 Å². The van der Waals surface area contributed by atoms with Crippen molar-refractivity contribution in [3.8, 4) is 12.3 Å². The quantitative estimate of drug-likeness (QED) is 0.660. The second-order valence-corrected chi connectivity index (χ2v) is 9.87. The van der Waals surface area contributed by atoms with Crippen LogP contribution < -0.4 is 0 Å².